The molecule has 25 heavy (non-hydrogen) atoms. The highest BCUT2D eigenvalue weighted by atomic mass is 32.2. The van der Waals surface area contributed by atoms with E-state index in [1.165, 1.54) is 19.2 Å². The van der Waals surface area contributed by atoms with Crippen LogP contribution in [0.3, 0.4) is 0 Å². The van der Waals surface area contributed by atoms with Crippen molar-refractivity contribution in [1.82, 2.24) is 10.1 Å². The maximum absolute atomic E-state index is 11.8. The van der Waals surface area contributed by atoms with Gasteiger partial charge in [-0.25, -0.2) is 18.6 Å². The van der Waals surface area contributed by atoms with Crippen molar-refractivity contribution in [3.05, 3.63) is 60.2 Å². The molecule has 2 aromatic rings. The van der Waals surface area contributed by atoms with Gasteiger partial charge in [0.15, 0.2) is 0 Å². The quantitative estimate of drug-likeness (QED) is 0.515. The van der Waals surface area contributed by atoms with Gasteiger partial charge in [-0.1, -0.05) is 30.3 Å². The molecule has 1 amide bonds. The van der Waals surface area contributed by atoms with Crippen molar-refractivity contribution in [2.75, 3.05) is 18.9 Å². The van der Waals surface area contributed by atoms with Gasteiger partial charge in [0.1, 0.15) is 0 Å². The number of anilines is 1. The second-order valence-electron chi connectivity index (χ2n) is 5.18. The molecule has 2 aromatic carbocycles. The summed E-state index contributed by atoms with van der Waals surface area (Å²) in [5.74, 6) is -0.280. The smallest absolute Gasteiger partial charge is 0.259 e. The Morgan fingerprint density at radius 2 is 1.68 bits per heavy atom. The summed E-state index contributed by atoms with van der Waals surface area (Å²) in [6, 6.07) is 15.6. The van der Waals surface area contributed by atoms with Gasteiger partial charge in [-0.3, -0.25) is 4.79 Å². The van der Waals surface area contributed by atoms with Crippen molar-refractivity contribution >= 4 is 27.3 Å². The van der Waals surface area contributed by atoms with Crippen molar-refractivity contribution in [3.8, 4) is 0 Å². The van der Waals surface area contributed by atoms with E-state index in [9.17, 15) is 13.2 Å². The molecule has 132 valence electrons. The van der Waals surface area contributed by atoms with Gasteiger partial charge >= 0.3 is 0 Å². The second-order valence-corrected chi connectivity index (χ2v) is 7.07. The molecule has 0 aromatic heterocycles. The van der Waals surface area contributed by atoms with Crippen molar-refractivity contribution in [2.45, 2.75) is 11.8 Å². The highest BCUT2D eigenvalue weighted by Crippen LogP contribution is 2.10. The van der Waals surface area contributed by atoms with Gasteiger partial charge < -0.3 is 5.32 Å². The first-order valence-electron chi connectivity index (χ1n) is 7.58. The zero-order chi connectivity index (χ0) is 18.3. The third kappa shape index (κ3) is 5.40. The molecule has 0 atom stereocenters. The number of amides is 1. The Bertz CT molecular complexity index is 847. The van der Waals surface area contributed by atoms with E-state index >= 15 is 0 Å². The molecule has 2 rings (SSSR count). The summed E-state index contributed by atoms with van der Waals surface area (Å²) < 4.78 is 25.6. The first kappa shape index (κ1) is 18.6. The summed E-state index contributed by atoms with van der Waals surface area (Å²) in [6.45, 7) is 1.83. The van der Waals surface area contributed by atoms with Gasteiger partial charge in [-0.2, -0.15) is 5.10 Å². The minimum atomic E-state index is -3.47. The van der Waals surface area contributed by atoms with Crippen LogP contribution in [-0.2, 0) is 14.8 Å². The molecule has 7 nitrogen and oxygen atoms in total. The Labute approximate surface area is 147 Å². The number of benzene rings is 2. The standard InChI is InChI=1S/C17H20N4O3S/c1-13(14-8-10-16(11-9-14)25(23,24)18-2)20-21-17(22)12-19-15-6-4-3-5-7-15/h3-11,18-19H,12H2,1-2H3,(H,21,22)/b20-13-. The lowest BCUT2D eigenvalue weighted by Gasteiger charge is -2.07. The zero-order valence-electron chi connectivity index (χ0n) is 14.0. The topological polar surface area (TPSA) is 99.7 Å². The number of sulfonamides is 1. The monoisotopic (exact) mass is 360 g/mol. The molecule has 3 N–H and O–H groups in total. The predicted octanol–water partition coefficient (Wildman–Crippen LogP) is 1.55. The number of hydrogen-bond acceptors (Lipinski definition) is 5. The van der Waals surface area contributed by atoms with Crippen LogP contribution in [0.4, 0.5) is 5.69 Å². The lowest BCUT2D eigenvalue weighted by atomic mass is 10.1. The Kier molecular flexibility index (Phi) is 6.26. The number of carbonyl (C=O) groups is 1. The second kappa shape index (κ2) is 8.41. The van der Waals surface area contributed by atoms with E-state index < -0.39 is 10.0 Å². The highest BCUT2D eigenvalue weighted by Gasteiger charge is 2.11. The van der Waals surface area contributed by atoms with Crippen molar-refractivity contribution in [2.24, 2.45) is 5.10 Å². The molecule has 0 bridgehead atoms. The van der Waals surface area contributed by atoms with Crippen LogP contribution in [0.25, 0.3) is 0 Å². The number of nitrogens with one attached hydrogen (secondary N) is 3. The van der Waals surface area contributed by atoms with E-state index in [0.29, 0.717) is 11.3 Å². The third-order valence-corrected chi connectivity index (χ3v) is 4.86. The molecule has 0 fully saturated rings. The van der Waals surface area contributed by atoms with Crippen molar-refractivity contribution in [1.29, 1.82) is 0 Å². The fourth-order valence-electron chi connectivity index (χ4n) is 1.98. The van der Waals surface area contributed by atoms with E-state index in [1.54, 1.807) is 19.1 Å². The van der Waals surface area contributed by atoms with Crippen molar-refractivity contribution < 1.29 is 13.2 Å². The Hall–Kier alpha value is -2.71. The van der Waals surface area contributed by atoms with E-state index in [2.05, 4.69) is 20.6 Å². The summed E-state index contributed by atoms with van der Waals surface area (Å²) in [6.07, 6.45) is 0. The molecule has 0 aliphatic rings. The maximum atomic E-state index is 11.8. The first-order chi connectivity index (χ1) is 11.9. The van der Waals surface area contributed by atoms with Crippen LogP contribution >= 0.6 is 0 Å². The minimum absolute atomic E-state index is 0.0974. The summed E-state index contributed by atoms with van der Waals surface area (Å²) in [7, 11) is -2.11. The summed E-state index contributed by atoms with van der Waals surface area (Å²) in [4.78, 5) is 12.0. The fraction of sp³-hybridized carbons (Fsp3) is 0.176. The Morgan fingerprint density at radius 1 is 1.04 bits per heavy atom. The number of hydrazone groups is 1. The molecule has 0 saturated carbocycles. The number of nitrogens with zero attached hydrogens (tertiary/aromatic N) is 1. The Balaban J connectivity index is 1.93. The van der Waals surface area contributed by atoms with Crippen molar-refractivity contribution in [3.63, 3.8) is 0 Å². The van der Waals surface area contributed by atoms with Crippen LogP contribution in [0, 0.1) is 0 Å². The highest BCUT2D eigenvalue weighted by molar-refractivity contribution is 7.89. The van der Waals surface area contributed by atoms with Crippen LogP contribution in [0.1, 0.15) is 12.5 Å². The molecule has 0 spiro atoms. The molecule has 8 heteroatoms. The van der Waals surface area contributed by atoms with Gasteiger partial charge in [0.25, 0.3) is 5.91 Å². The molecular weight excluding hydrogens is 340 g/mol. The van der Waals surface area contributed by atoms with Crippen LogP contribution in [0.15, 0.2) is 64.6 Å². The summed E-state index contributed by atoms with van der Waals surface area (Å²) >= 11 is 0. The van der Waals surface area contributed by atoms with Crippen LogP contribution in [-0.4, -0.2) is 33.6 Å². The summed E-state index contributed by atoms with van der Waals surface area (Å²) in [5.41, 5.74) is 4.60. The number of hydrogen-bond donors (Lipinski definition) is 3. The van der Waals surface area contributed by atoms with Crippen LogP contribution in [0.5, 0.6) is 0 Å². The van der Waals surface area contributed by atoms with E-state index in [4.69, 9.17) is 0 Å². The lowest BCUT2D eigenvalue weighted by molar-refractivity contribution is -0.119. The van der Waals surface area contributed by atoms with Gasteiger partial charge in [-0.15, -0.1) is 0 Å². The van der Waals surface area contributed by atoms with Gasteiger partial charge in [0.05, 0.1) is 17.2 Å². The SMILES string of the molecule is CNS(=O)(=O)c1ccc(/C(C)=N\NC(=O)CNc2ccccc2)cc1. The molecule has 0 saturated heterocycles. The molecule has 0 heterocycles. The fourth-order valence-corrected chi connectivity index (χ4v) is 2.71. The van der Waals surface area contributed by atoms with E-state index in [-0.39, 0.29) is 17.3 Å². The van der Waals surface area contributed by atoms with Gasteiger partial charge in [0.2, 0.25) is 10.0 Å². The van der Waals surface area contributed by atoms with Crippen LogP contribution < -0.4 is 15.5 Å². The number of rotatable bonds is 7. The number of carbonyl (C=O) groups excluding carboxylic acids is 1. The average molecular weight is 360 g/mol. The molecular formula is C17H20N4O3S. The summed E-state index contributed by atoms with van der Waals surface area (Å²) in [5, 5.41) is 7.01. The average Bonchev–Trinajstić information content (AvgIpc) is 2.65. The first-order valence-corrected chi connectivity index (χ1v) is 9.07. The zero-order valence-corrected chi connectivity index (χ0v) is 14.8. The van der Waals surface area contributed by atoms with E-state index in [0.717, 1.165) is 5.69 Å². The predicted molar refractivity (Wildman–Crippen MR) is 98.0 cm³/mol. The number of para-hydroxylation sites is 1. The molecule has 0 aliphatic carbocycles. The van der Waals surface area contributed by atoms with Gasteiger partial charge in [0, 0.05) is 5.69 Å². The van der Waals surface area contributed by atoms with Gasteiger partial charge in [-0.05, 0) is 43.8 Å². The molecule has 0 aliphatic heterocycles. The van der Waals surface area contributed by atoms with Crippen LogP contribution in [0.2, 0.25) is 0 Å². The van der Waals surface area contributed by atoms with E-state index in [1.807, 2.05) is 30.3 Å². The minimum Gasteiger partial charge on any atom is -0.376 e. The molecule has 0 unspecified atom stereocenters. The third-order valence-electron chi connectivity index (χ3n) is 3.43. The molecule has 0 radical (unpaired) electrons. The largest absolute Gasteiger partial charge is 0.376 e. The normalized spacial score (nSPS) is 11.8. The maximum Gasteiger partial charge on any atom is 0.259 e. The Morgan fingerprint density at radius 3 is 2.28 bits per heavy atom. The lowest BCUT2D eigenvalue weighted by Crippen LogP contribution is -2.26.